The Hall–Kier alpha value is -3.24. The third kappa shape index (κ3) is 4.75. The lowest BCUT2D eigenvalue weighted by atomic mass is 9.97. The molecule has 0 unspecified atom stereocenters. The van der Waals surface area contributed by atoms with Gasteiger partial charge in [-0.25, -0.2) is 4.79 Å². The zero-order valence-electron chi connectivity index (χ0n) is 17.2. The number of ether oxygens (including phenoxy) is 1. The summed E-state index contributed by atoms with van der Waals surface area (Å²) in [5, 5.41) is 2.21. The highest BCUT2D eigenvalue weighted by Gasteiger charge is 2.22. The van der Waals surface area contributed by atoms with Crippen LogP contribution >= 0.6 is 15.9 Å². The highest BCUT2D eigenvalue weighted by molar-refractivity contribution is 9.10. The van der Waals surface area contributed by atoms with Crippen LogP contribution in [0.1, 0.15) is 16.7 Å². The van der Waals surface area contributed by atoms with Gasteiger partial charge in [-0.2, -0.15) is 0 Å². The largest absolute Gasteiger partial charge is 0.467 e. The lowest BCUT2D eigenvalue weighted by Gasteiger charge is -2.16. The van der Waals surface area contributed by atoms with Gasteiger partial charge in [0, 0.05) is 22.0 Å². The summed E-state index contributed by atoms with van der Waals surface area (Å²) in [6.07, 6.45) is 0.448. The van der Waals surface area contributed by atoms with Crippen molar-refractivity contribution in [2.75, 3.05) is 7.11 Å². The summed E-state index contributed by atoms with van der Waals surface area (Å²) in [6.45, 7) is 0. The monoisotopic (exact) mass is 471 g/mol. The number of hydrogen-bond acceptors (Lipinski definition) is 3. The minimum atomic E-state index is -0.662. The van der Waals surface area contributed by atoms with Crippen molar-refractivity contribution >= 4 is 38.4 Å². The number of carbonyl (C=O) groups is 1. The molecule has 4 aromatic carbocycles. The third-order valence-electron chi connectivity index (χ3n) is 5.23. The lowest BCUT2D eigenvalue weighted by Crippen LogP contribution is -2.25. The van der Waals surface area contributed by atoms with Crippen LogP contribution in [0.3, 0.4) is 0 Å². The molecular formula is C27H22BrNO2. The van der Waals surface area contributed by atoms with E-state index in [0.29, 0.717) is 6.42 Å². The Bertz CT molecular complexity index is 1180. The highest BCUT2D eigenvalue weighted by atomic mass is 79.9. The summed E-state index contributed by atoms with van der Waals surface area (Å²) < 4.78 is 6.16. The van der Waals surface area contributed by atoms with Crippen LogP contribution in [0.4, 0.5) is 0 Å². The fourth-order valence-corrected chi connectivity index (χ4v) is 4.17. The van der Waals surface area contributed by atoms with Crippen LogP contribution in [-0.2, 0) is 16.0 Å². The molecule has 0 spiro atoms. The maximum atomic E-state index is 12.8. The molecule has 4 heteroatoms. The molecule has 0 saturated heterocycles. The molecular weight excluding hydrogens is 450 g/mol. The van der Waals surface area contributed by atoms with Gasteiger partial charge in [0.15, 0.2) is 6.04 Å². The van der Waals surface area contributed by atoms with E-state index < -0.39 is 6.04 Å². The maximum Gasteiger partial charge on any atom is 0.330 e. The number of fused-ring (bicyclic) bond motifs is 1. The molecule has 0 amide bonds. The summed E-state index contributed by atoms with van der Waals surface area (Å²) in [7, 11) is 1.41. The Labute approximate surface area is 190 Å². The van der Waals surface area contributed by atoms with Crippen molar-refractivity contribution < 1.29 is 9.53 Å². The Balaban J connectivity index is 1.81. The van der Waals surface area contributed by atoms with Gasteiger partial charge in [0.05, 0.1) is 12.8 Å². The summed E-state index contributed by atoms with van der Waals surface area (Å²) in [5.41, 5.74) is 3.75. The van der Waals surface area contributed by atoms with Gasteiger partial charge >= 0.3 is 5.97 Å². The predicted molar refractivity (Wildman–Crippen MR) is 130 cm³/mol. The molecule has 0 bridgehead atoms. The predicted octanol–water partition coefficient (Wildman–Crippen LogP) is 6.22. The van der Waals surface area contributed by atoms with Gasteiger partial charge in [0.1, 0.15) is 0 Å². The molecule has 0 saturated carbocycles. The molecule has 0 heterocycles. The van der Waals surface area contributed by atoms with Crippen molar-refractivity contribution in [3.05, 3.63) is 118 Å². The molecule has 0 fully saturated rings. The molecule has 0 aliphatic rings. The molecule has 0 aromatic heterocycles. The van der Waals surface area contributed by atoms with Crippen molar-refractivity contribution in [1.82, 2.24) is 0 Å². The first-order valence-electron chi connectivity index (χ1n) is 10.1. The van der Waals surface area contributed by atoms with E-state index in [1.807, 2.05) is 84.9 Å². The van der Waals surface area contributed by atoms with Gasteiger partial charge in [0.25, 0.3) is 0 Å². The summed E-state index contributed by atoms with van der Waals surface area (Å²) >= 11 is 3.62. The Morgan fingerprint density at radius 1 is 0.806 bits per heavy atom. The standard InChI is InChI=1S/C27H22BrNO2/c1-31-27(30)25(18-21-16-17-24(28)23-15-9-8-14-22(21)23)29-26(19-10-4-2-5-11-19)20-12-6-3-7-13-20/h2-17,25H,18H2,1H3/t25-/m0/s1. The second-order valence-corrected chi connectivity index (χ2v) is 8.06. The number of benzene rings is 4. The van der Waals surface area contributed by atoms with Gasteiger partial charge in [-0.15, -0.1) is 0 Å². The van der Waals surface area contributed by atoms with Crippen LogP contribution in [-0.4, -0.2) is 24.8 Å². The van der Waals surface area contributed by atoms with Crippen LogP contribution in [0.15, 0.2) is 107 Å². The molecule has 0 N–H and O–H groups in total. The van der Waals surface area contributed by atoms with E-state index in [2.05, 4.69) is 28.1 Å². The van der Waals surface area contributed by atoms with E-state index in [1.165, 1.54) is 7.11 Å². The van der Waals surface area contributed by atoms with Gasteiger partial charge in [-0.05, 0) is 22.4 Å². The fraction of sp³-hybridized carbons (Fsp3) is 0.111. The molecule has 0 radical (unpaired) electrons. The Morgan fingerprint density at radius 3 is 1.94 bits per heavy atom. The van der Waals surface area contributed by atoms with Crippen molar-refractivity contribution in [2.45, 2.75) is 12.5 Å². The number of halogens is 1. The molecule has 0 aliphatic carbocycles. The number of methoxy groups -OCH3 is 1. The second kappa shape index (κ2) is 9.71. The molecule has 4 rings (SSSR count). The molecule has 31 heavy (non-hydrogen) atoms. The van der Waals surface area contributed by atoms with Crippen LogP contribution < -0.4 is 0 Å². The Morgan fingerprint density at radius 2 is 1.35 bits per heavy atom. The number of carbonyl (C=O) groups excluding carboxylic acids is 1. The van der Waals surface area contributed by atoms with Crippen LogP contribution in [0, 0.1) is 0 Å². The summed E-state index contributed by atoms with van der Waals surface area (Å²) in [4.78, 5) is 17.7. The zero-order valence-corrected chi connectivity index (χ0v) is 18.7. The smallest absolute Gasteiger partial charge is 0.330 e. The quantitative estimate of drug-likeness (QED) is 0.247. The molecule has 4 aromatic rings. The average Bonchev–Trinajstić information content (AvgIpc) is 2.84. The highest BCUT2D eigenvalue weighted by Crippen LogP contribution is 2.28. The van der Waals surface area contributed by atoms with E-state index in [-0.39, 0.29) is 5.97 Å². The lowest BCUT2D eigenvalue weighted by molar-refractivity contribution is -0.142. The number of esters is 1. The normalized spacial score (nSPS) is 11.7. The van der Waals surface area contributed by atoms with E-state index in [9.17, 15) is 4.79 Å². The Kier molecular flexibility index (Phi) is 6.58. The number of rotatable bonds is 6. The first-order chi connectivity index (χ1) is 15.2. The van der Waals surface area contributed by atoms with Gasteiger partial charge in [-0.1, -0.05) is 107 Å². The van der Waals surface area contributed by atoms with Crippen molar-refractivity contribution in [1.29, 1.82) is 0 Å². The number of nitrogens with zero attached hydrogens (tertiary/aromatic N) is 1. The summed E-state index contributed by atoms with van der Waals surface area (Å²) in [6, 6.07) is 31.4. The van der Waals surface area contributed by atoms with Crippen molar-refractivity contribution in [3.8, 4) is 0 Å². The van der Waals surface area contributed by atoms with Crippen LogP contribution in [0.25, 0.3) is 10.8 Å². The SMILES string of the molecule is COC(=O)[C@H](Cc1ccc(Br)c2ccccc12)N=C(c1ccccc1)c1ccccc1. The van der Waals surface area contributed by atoms with E-state index in [1.54, 1.807) is 0 Å². The van der Waals surface area contributed by atoms with E-state index >= 15 is 0 Å². The fourth-order valence-electron chi connectivity index (χ4n) is 3.69. The van der Waals surface area contributed by atoms with Crippen LogP contribution in [0.2, 0.25) is 0 Å². The molecule has 1 atom stereocenters. The number of aliphatic imine (C=N–C) groups is 1. The van der Waals surface area contributed by atoms with Crippen molar-refractivity contribution in [2.24, 2.45) is 4.99 Å². The van der Waals surface area contributed by atoms with Crippen LogP contribution in [0.5, 0.6) is 0 Å². The molecule has 3 nitrogen and oxygen atoms in total. The number of hydrogen-bond donors (Lipinski definition) is 0. The first-order valence-corrected chi connectivity index (χ1v) is 10.9. The minimum Gasteiger partial charge on any atom is -0.467 e. The topological polar surface area (TPSA) is 38.7 Å². The maximum absolute atomic E-state index is 12.8. The minimum absolute atomic E-state index is 0.351. The molecule has 0 aliphatic heterocycles. The third-order valence-corrected chi connectivity index (χ3v) is 5.92. The first kappa shape index (κ1) is 21.0. The van der Waals surface area contributed by atoms with Gasteiger partial charge < -0.3 is 4.74 Å². The second-order valence-electron chi connectivity index (χ2n) is 7.20. The average molecular weight is 472 g/mol. The summed E-state index contributed by atoms with van der Waals surface area (Å²) in [5.74, 6) is -0.351. The zero-order chi connectivity index (χ0) is 21.6. The van der Waals surface area contributed by atoms with Gasteiger partial charge in [-0.3, -0.25) is 4.99 Å². The van der Waals surface area contributed by atoms with Crippen molar-refractivity contribution in [3.63, 3.8) is 0 Å². The van der Waals surface area contributed by atoms with E-state index in [4.69, 9.17) is 9.73 Å². The molecule has 154 valence electrons. The van der Waals surface area contributed by atoms with Gasteiger partial charge in [0.2, 0.25) is 0 Å². The van der Waals surface area contributed by atoms with E-state index in [0.717, 1.165) is 37.6 Å².